The van der Waals surface area contributed by atoms with Crippen LogP contribution in [0.4, 0.5) is 11.6 Å². The standard InChI is InChI=1S/C21H17N5O4/c27-15-10-6-12(7-11-15)19-18-16(2-1-3-17(18)28)22-21-23-20(24-25(19)21)13-4-8-14(9-5-13)26(29)30/h4-11,19,27H,1-3H2,(H,22,23,24). The number of aromatic nitrogens is 3. The first-order valence-electron chi connectivity index (χ1n) is 9.55. The van der Waals surface area contributed by atoms with Gasteiger partial charge in [0.05, 0.1) is 4.92 Å². The van der Waals surface area contributed by atoms with Gasteiger partial charge in [0, 0.05) is 35.4 Å². The third kappa shape index (κ3) is 2.91. The Labute approximate surface area is 170 Å². The third-order valence-electron chi connectivity index (χ3n) is 5.41. The van der Waals surface area contributed by atoms with Gasteiger partial charge in [-0.1, -0.05) is 12.1 Å². The maximum atomic E-state index is 12.8. The summed E-state index contributed by atoms with van der Waals surface area (Å²) in [5.74, 6) is 1.13. The molecule has 1 aliphatic heterocycles. The van der Waals surface area contributed by atoms with Crippen LogP contribution in [-0.4, -0.2) is 30.6 Å². The fourth-order valence-electron chi connectivity index (χ4n) is 3.98. The molecule has 30 heavy (non-hydrogen) atoms. The number of carbonyl (C=O) groups excluding carboxylic acids is 1. The lowest BCUT2D eigenvalue weighted by Gasteiger charge is -2.32. The molecular formula is C21H17N5O4. The highest BCUT2D eigenvalue weighted by molar-refractivity contribution is 5.99. The van der Waals surface area contributed by atoms with Crippen LogP contribution in [0.25, 0.3) is 11.4 Å². The van der Waals surface area contributed by atoms with Crippen LogP contribution in [0.2, 0.25) is 0 Å². The molecule has 2 aliphatic rings. The first-order valence-corrected chi connectivity index (χ1v) is 9.55. The van der Waals surface area contributed by atoms with Crippen molar-refractivity contribution in [3.05, 3.63) is 75.5 Å². The maximum Gasteiger partial charge on any atom is 0.269 e. The first-order chi connectivity index (χ1) is 14.5. The molecule has 3 aromatic rings. The number of aromatic hydroxyl groups is 1. The van der Waals surface area contributed by atoms with Crippen molar-refractivity contribution in [3.63, 3.8) is 0 Å². The Hall–Kier alpha value is -4.01. The number of hydrogen-bond acceptors (Lipinski definition) is 7. The summed E-state index contributed by atoms with van der Waals surface area (Å²) in [5, 5.41) is 28.5. The molecule has 2 N–H and O–H groups in total. The van der Waals surface area contributed by atoms with Crippen LogP contribution in [0.3, 0.4) is 0 Å². The van der Waals surface area contributed by atoms with Gasteiger partial charge in [-0.3, -0.25) is 14.9 Å². The van der Waals surface area contributed by atoms with Gasteiger partial charge in [-0.25, -0.2) is 4.68 Å². The smallest absolute Gasteiger partial charge is 0.269 e. The van der Waals surface area contributed by atoms with Crippen molar-refractivity contribution in [1.29, 1.82) is 0 Å². The highest BCUT2D eigenvalue weighted by atomic mass is 16.6. The van der Waals surface area contributed by atoms with Gasteiger partial charge in [0.15, 0.2) is 11.6 Å². The molecule has 0 saturated carbocycles. The number of nitro groups is 1. The first kappa shape index (κ1) is 18.0. The Kier molecular flexibility index (Phi) is 4.09. The fourth-order valence-corrected chi connectivity index (χ4v) is 3.98. The number of carbonyl (C=O) groups is 1. The van der Waals surface area contributed by atoms with E-state index >= 15 is 0 Å². The summed E-state index contributed by atoms with van der Waals surface area (Å²) >= 11 is 0. The largest absolute Gasteiger partial charge is 0.508 e. The van der Waals surface area contributed by atoms with E-state index in [4.69, 9.17) is 0 Å². The Morgan fingerprint density at radius 2 is 1.83 bits per heavy atom. The van der Waals surface area contributed by atoms with Gasteiger partial charge < -0.3 is 10.4 Å². The summed E-state index contributed by atoms with van der Waals surface area (Å²) in [6, 6.07) is 12.3. The highest BCUT2D eigenvalue weighted by Crippen LogP contribution is 2.40. The summed E-state index contributed by atoms with van der Waals surface area (Å²) in [6.07, 6.45) is 2.00. The average molecular weight is 403 g/mol. The zero-order chi connectivity index (χ0) is 20.8. The van der Waals surface area contributed by atoms with Crippen LogP contribution in [0.5, 0.6) is 5.75 Å². The van der Waals surface area contributed by atoms with Crippen LogP contribution in [-0.2, 0) is 4.79 Å². The van der Waals surface area contributed by atoms with Crippen LogP contribution in [0.15, 0.2) is 59.8 Å². The van der Waals surface area contributed by atoms with E-state index in [-0.39, 0.29) is 17.2 Å². The normalized spacial score (nSPS) is 17.9. The quantitative estimate of drug-likeness (QED) is 0.506. The number of benzene rings is 2. The van der Waals surface area contributed by atoms with Crippen LogP contribution < -0.4 is 5.32 Å². The van der Waals surface area contributed by atoms with Gasteiger partial charge in [-0.2, -0.15) is 4.98 Å². The zero-order valence-corrected chi connectivity index (χ0v) is 15.8. The van der Waals surface area contributed by atoms with Crippen molar-refractivity contribution in [1.82, 2.24) is 14.8 Å². The van der Waals surface area contributed by atoms with E-state index in [1.165, 1.54) is 12.1 Å². The van der Waals surface area contributed by atoms with Crippen molar-refractivity contribution < 1.29 is 14.8 Å². The molecule has 5 rings (SSSR count). The lowest BCUT2D eigenvalue weighted by Crippen LogP contribution is -2.31. The van der Waals surface area contributed by atoms with E-state index in [1.54, 1.807) is 41.1 Å². The number of nitrogens with zero attached hydrogens (tertiary/aromatic N) is 4. The lowest BCUT2D eigenvalue weighted by atomic mass is 9.85. The molecule has 2 heterocycles. The van der Waals surface area contributed by atoms with Crippen molar-refractivity contribution in [2.75, 3.05) is 5.32 Å². The minimum atomic E-state index is -0.457. The third-order valence-corrected chi connectivity index (χ3v) is 5.41. The van der Waals surface area contributed by atoms with Crippen LogP contribution in [0, 0.1) is 10.1 Å². The number of ketones is 1. The summed E-state index contributed by atoms with van der Waals surface area (Å²) in [7, 11) is 0. The van der Waals surface area contributed by atoms with Crippen molar-refractivity contribution in [2.45, 2.75) is 25.3 Å². The van der Waals surface area contributed by atoms with E-state index in [2.05, 4.69) is 15.4 Å². The van der Waals surface area contributed by atoms with Gasteiger partial charge in [0.1, 0.15) is 11.8 Å². The Morgan fingerprint density at radius 3 is 2.53 bits per heavy atom. The summed E-state index contributed by atoms with van der Waals surface area (Å²) in [4.78, 5) is 27.8. The van der Waals surface area contributed by atoms with E-state index in [0.29, 0.717) is 29.3 Å². The van der Waals surface area contributed by atoms with Crippen LogP contribution in [0.1, 0.15) is 30.9 Å². The Balaban J connectivity index is 1.62. The van der Waals surface area contributed by atoms with Gasteiger partial charge >= 0.3 is 0 Å². The lowest BCUT2D eigenvalue weighted by molar-refractivity contribution is -0.384. The molecule has 9 heteroatoms. The fraction of sp³-hybridized carbons (Fsp3) is 0.190. The molecule has 0 radical (unpaired) electrons. The second kappa shape index (κ2) is 6.80. The zero-order valence-electron chi connectivity index (χ0n) is 15.8. The molecule has 150 valence electrons. The number of Topliss-reactive ketones (excluding diaryl/α,β-unsaturated/α-hetero) is 1. The average Bonchev–Trinajstić information content (AvgIpc) is 3.17. The number of anilines is 1. The predicted molar refractivity (Wildman–Crippen MR) is 108 cm³/mol. The van der Waals surface area contributed by atoms with Gasteiger partial charge in [-0.05, 0) is 42.7 Å². The molecule has 0 amide bonds. The number of allylic oxidation sites excluding steroid dienone is 2. The number of rotatable bonds is 3. The van der Waals surface area contributed by atoms with Gasteiger partial charge in [0.2, 0.25) is 5.95 Å². The minimum absolute atomic E-state index is 0.00875. The van der Waals surface area contributed by atoms with Crippen LogP contribution >= 0.6 is 0 Å². The van der Waals surface area contributed by atoms with Crippen molar-refractivity contribution in [3.8, 4) is 17.1 Å². The number of phenolic OH excluding ortho intramolecular Hbond substituents is 1. The highest BCUT2D eigenvalue weighted by Gasteiger charge is 2.36. The number of nitrogens with one attached hydrogen (secondary N) is 1. The van der Waals surface area contributed by atoms with Gasteiger partial charge in [0.25, 0.3) is 5.69 Å². The summed E-state index contributed by atoms with van der Waals surface area (Å²) in [6.45, 7) is 0. The van der Waals surface area contributed by atoms with E-state index < -0.39 is 11.0 Å². The topological polar surface area (TPSA) is 123 Å². The SMILES string of the molecule is O=C1CCCC2=C1C(c1ccc(O)cc1)n1nc(-c3ccc([N+](=O)[O-])cc3)nc1N2. The van der Waals surface area contributed by atoms with E-state index in [9.17, 15) is 20.0 Å². The summed E-state index contributed by atoms with van der Waals surface area (Å²) < 4.78 is 1.67. The molecule has 1 aliphatic carbocycles. The number of nitro benzene ring substituents is 1. The molecule has 9 nitrogen and oxygen atoms in total. The Morgan fingerprint density at radius 1 is 1.10 bits per heavy atom. The number of fused-ring (bicyclic) bond motifs is 1. The number of phenols is 1. The second-order valence-corrected chi connectivity index (χ2v) is 7.30. The molecule has 2 aromatic carbocycles. The molecule has 1 unspecified atom stereocenters. The number of non-ortho nitro benzene ring substituents is 1. The molecule has 0 bridgehead atoms. The monoisotopic (exact) mass is 403 g/mol. The molecule has 0 saturated heterocycles. The molecule has 0 fully saturated rings. The second-order valence-electron chi connectivity index (χ2n) is 7.30. The molecule has 1 atom stereocenters. The predicted octanol–water partition coefficient (Wildman–Crippen LogP) is 3.58. The van der Waals surface area contributed by atoms with E-state index in [1.807, 2.05) is 0 Å². The maximum absolute atomic E-state index is 12.8. The van der Waals surface area contributed by atoms with Crippen molar-refractivity contribution >= 4 is 17.4 Å². The molecular weight excluding hydrogens is 386 g/mol. The van der Waals surface area contributed by atoms with E-state index in [0.717, 1.165) is 24.1 Å². The molecule has 0 spiro atoms. The van der Waals surface area contributed by atoms with Gasteiger partial charge in [-0.15, -0.1) is 5.10 Å². The number of hydrogen-bond donors (Lipinski definition) is 2. The molecule has 1 aromatic heterocycles. The van der Waals surface area contributed by atoms with Crippen molar-refractivity contribution in [2.24, 2.45) is 0 Å². The Bertz CT molecular complexity index is 1200. The summed E-state index contributed by atoms with van der Waals surface area (Å²) in [5.41, 5.74) is 2.96. The minimum Gasteiger partial charge on any atom is -0.508 e.